The van der Waals surface area contributed by atoms with Gasteiger partial charge in [0.1, 0.15) is 5.75 Å². The first kappa shape index (κ1) is 27.7. The van der Waals surface area contributed by atoms with Crippen molar-refractivity contribution in [2.75, 3.05) is 49.8 Å². The standard InChI is InChI=1S/C27H31N7O2.C3H6/c1-28-12-13-33(2)25-15-26(36-3)23(14-22(25)30-17-35)32-27-29-11-10-21(31-27)20-16-34(18-8-9-18)24-7-5-4-6-19(20)24;1-3-2/h4-7,10-11,14-18,28H,8-9,12-13H2,1-3H3,(H,30,35)(H,29,31,32);3H,1H2,2H3. The molecular formula is C30H37N7O2. The molecule has 0 spiro atoms. The third kappa shape index (κ3) is 6.38. The summed E-state index contributed by atoms with van der Waals surface area (Å²) in [5.74, 6) is 1.07. The van der Waals surface area contributed by atoms with Crippen LogP contribution in [-0.2, 0) is 4.79 Å². The smallest absolute Gasteiger partial charge is 0.227 e. The van der Waals surface area contributed by atoms with Gasteiger partial charge in [0.2, 0.25) is 12.4 Å². The van der Waals surface area contributed by atoms with E-state index < -0.39 is 0 Å². The molecule has 9 nitrogen and oxygen atoms in total. The SMILES string of the molecule is C=CC.CNCCN(C)c1cc(OC)c(Nc2nccc(-c3cn(C4CC4)c4ccccc34)n2)cc1NC=O. The maximum atomic E-state index is 11.3. The highest BCUT2D eigenvalue weighted by molar-refractivity contribution is 5.95. The van der Waals surface area contributed by atoms with E-state index in [0.29, 0.717) is 35.5 Å². The molecule has 2 heterocycles. The predicted molar refractivity (Wildman–Crippen MR) is 160 cm³/mol. The topological polar surface area (TPSA) is 96.3 Å². The van der Waals surface area contributed by atoms with Crippen LogP contribution in [0.4, 0.5) is 23.0 Å². The second-order valence-corrected chi connectivity index (χ2v) is 9.35. The van der Waals surface area contributed by atoms with Crippen molar-refractivity contribution in [1.82, 2.24) is 19.9 Å². The van der Waals surface area contributed by atoms with Crippen LogP contribution in [-0.4, -0.2) is 55.2 Å². The third-order valence-corrected chi connectivity index (χ3v) is 6.50. The lowest BCUT2D eigenvalue weighted by atomic mass is 10.1. The molecule has 204 valence electrons. The van der Waals surface area contributed by atoms with Crippen LogP contribution in [0.15, 0.2) is 67.5 Å². The van der Waals surface area contributed by atoms with E-state index in [2.05, 4.69) is 67.4 Å². The van der Waals surface area contributed by atoms with Crippen molar-refractivity contribution in [1.29, 1.82) is 0 Å². The van der Waals surface area contributed by atoms with E-state index in [1.807, 2.05) is 39.2 Å². The molecule has 4 aromatic rings. The van der Waals surface area contributed by atoms with E-state index in [-0.39, 0.29) is 0 Å². The van der Waals surface area contributed by atoms with Crippen LogP contribution in [0.5, 0.6) is 5.75 Å². The highest BCUT2D eigenvalue weighted by Gasteiger charge is 2.26. The molecule has 0 aliphatic heterocycles. The lowest BCUT2D eigenvalue weighted by Crippen LogP contribution is -2.27. The number of para-hydroxylation sites is 1. The van der Waals surface area contributed by atoms with E-state index in [9.17, 15) is 4.79 Å². The van der Waals surface area contributed by atoms with Crippen LogP contribution < -0.4 is 25.6 Å². The maximum Gasteiger partial charge on any atom is 0.227 e. The minimum Gasteiger partial charge on any atom is -0.494 e. The van der Waals surface area contributed by atoms with E-state index in [4.69, 9.17) is 9.72 Å². The molecule has 39 heavy (non-hydrogen) atoms. The number of carbonyl (C=O) groups is 1. The van der Waals surface area contributed by atoms with E-state index >= 15 is 0 Å². The molecule has 0 saturated heterocycles. The van der Waals surface area contributed by atoms with Crippen molar-refractivity contribution in [2.45, 2.75) is 25.8 Å². The zero-order chi connectivity index (χ0) is 27.8. The maximum absolute atomic E-state index is 11.3. The Balaban J connectivity index is 0.00000112. The van der Waals surface area contributed by atoms with Gasteiger partial charge in [0.25, 0.3) is 0 Å². The van der Waals surface area contributed by atoms with Crippen LogP contribution in [0.3, 0.4) is 0 Å². The summed E-state index contributed by atoms with van der Waals surface area (Å²) in [6.07, 6.45) is 8.81. The van der Waals surface area contributed by atoms with Gasteiger partial charge in [-0.15, -0.1) is 6.58 Å². The normalized spacial score (nSPS) is 12.3. The average Bonchev–Trinajstić information content (AvgIpc) is 3.72. The Morgan fingerprint density at radius 3 is 2.67 bits per heavy atom. The van der Waals surface area contributed by atoms with Crippen molar-refractivity contribution in [3.8, 4) is 17.0 Å². The predicted octanol–water partition coefficient (Wildman–Crippen LogP) is 5.60. The van der Waals surface area contributed by atoms with Gasteiger partial charge >= 0.3 is 0 Å². The summed E-state index contributed by atoms with van der Waals surface area (Å²) < 4.78 is 8.04. The summed E-state index contributed by atoms with van der Waals surface area (Å²) in [5.41, 5.74) is 5.33. The van der Waals surface area contributed by atoms with E-state index in [1.165, 1.54) is 23.7 Å². The van der Waals surface area contributed by atoms with Gasteiger partial charge in [-0.2, -0.15) is 0 Å². The fraction of sp³-hybridized carbons (Fsp3) is 0.300. The third-order valence-electron chi connectivity index (χ3n) is 6.50. The van der Waals surface area contributed by atoms with Crippen molar-refractivity contribution < 1.29 is 9.53 Å². The van der Waals surface area contributed by atoms with Gasteiger partial charge in [-0.1, -0.05) is 24.3 Å². The molecule has 0 unspecified atom stereocenters. The highest BCUT2D eigenvalue weighted by atomic mass is 16.5. The van der Waals surface area contributed by atoms with Gasteiger partial charge in [0.15, 0.2) is 0 Å². The highest BCUT2D eigenvalue weighted by Crippen LogP contribution is 2.41. The minimum atomic E-state index is 0.447. The van der Waals surface area contributed by atoms with Crippen LogP contribution in [0.2, 0.25) is 0 Å². The molecule has 1 fully saturated rings. The quantitative estimate of drug-likeness (QED) is 0.173. The molecule has 0 radical (unpaired) electrons. The summed E-state index contributed by atoms with van der Waals surface area (Å²) in [4.78, 5) is 22.7. The van der Waals surface area contributed by atoms with Crippen LogP contribution in [0.25, 0.3) is 22.2 Å². The van der Waals surface area contributed by atoms with Crippen LogP contribution in [0.1, 0.15) is 25.8 Å². The summed E-state index contributed by atoms with van der Waals surface area (Å²) in [6, 6.07) is 14.7. The number of fused-ring (bicyclic) bond motifs is 1. The number of allylic oxidation sites excluding steroid dienone is 1. The number of aromatic nitrogens is 3. The Morgan fingerprint density at radius 1 is 1.21 bits per heavy atom. The number of anilines is 4. The average molecular weight is 528 g/mol. The number of benzene rings is 2. The fourth-order valence-corrected chi connectivity index (χ4v) is 4.48. The Bertz CT molecular complexity index is 1430. The molecule has 5 rings (SSSR count). The van der Waals surface area contributed by atoms with Crippen LogP contribution in [0, 0.1) is 0 Å². The number of methoxy groups -OCH3 is 1. The van der Waals surface area contributed by atoms with Gasteiger partial charge in [-0.05, 0) is 45.0 Å². The van der Waals surface area contributed by atoms with Gasteiger partial charge in [0.05, 0.1) is 29.9 Å². The molecule has 3 N–H and O–H groups in total. The van der Waals surface area contributed by atoms with E-state index in [1.54, 1.807) is 19.4 Å². The number of likely N-dealkylation sites (N-methyl/N-ethyl adjacent to an activating group) is 2. The van der Waals surface area contributed by atoms with Gasteiger partial charge in [0, 0.05) is 61.1 Å². The minimum absolute atomic E-state index is 0.447. The molecule has 0 bridgehead atoms. The number of amides is 1. The lowest BCUT2D eigenvalue weighted by molar-refractivity contribution is -0.105. The molecule has 1 aliphatic rings. The molecule has 0 atom stereocenters. The van der Waals surface area contributed by atoms with Crippen molar-refractivity contribution >= 4 is 40.3 Å². The summed E-state index contributed by atoms with van der Waals surface area (Å²) in [7, 11) is 5.50. The van der Waals surface area contributed by atoms with Crippen molar-refractivity contribution in [3.63, 3.8) is 0 Å². The van der Waals surface area contributed by atoms with Gasteiger partial charge in [-0.25, -0.2) is 9.97 Å². The number of nitrogens with one attached hydrogen (secondary N) is 3. The van der Waals surface area contributed by atoms with E-state index in [0.717, 1.165) is 30.0 Å². The number of hydrogen-bond acceptors (Lipinski definition) is 7. The Hall–Kier alpha value is -4.37. The van der Waals surface area contributed by atoms with Crippen molar-refractivity contribution in [2.24, 2.45) is 0 Å². The zero-order valence-corrected chi connectivity index (χ0v) is 23.1. The molecule has 9 heteroatoms. The molecule has 2 aromatic heterocycles. The fourth-order valence-electron chi connectivity index (χ4n) is 4.48. The summed E-state index contributed by atoms with van der Waals surface area (Å²) in [6.45, 7) is 6.82. The number of ether oxygens (including phenoxy) is 1. The zero-order valence-electron chi connectivity index (χ0n) is 23.1. The number of hydrogen-bond donors (Lipinski definition) is 3. The lowest BCUT2D eigenvalue weighted by Gasteiger charge is -2.24. The Kier molecular flexibility index (Phi) is 9.17. The molecule has 1 amide bonds. The first-order valence-corrected chi connectivity index (χ1v) is 13.1. The summed E-state index contributed by atoms with van der Waals surface area (Å²) >= 11 is 0. The Labute approximate surface area is 229 Å². The van der Waals surface area contributed by atoms with Crippen molar-refractivity contribution in [3.05, 3.63) is 67.5 Å². The van der Waals surface area contributed by atoms with Gasteiger partial charge < -0.3 is 30.2 Å². The first-order chi connectivity index (χ1) is 19.0. The molecule has 2 aromatic carbocycles. The second-order valence-electron chi connectivity index (χ2n) is 9.35. The molecule has 1 saturated carbocycles. The number of nitrogens with zero attached hydrogens (tertiary/aromatic N) is 4. The number of carbonyl (C=O) groups excluding carboxylic acids is 1. The monoisotopic (exact) mass is 527 g/mol. The number of rotatable bonds is 11. The molecular weight excluding hydrogens is 490 g/mol. The van der Waals surface area contributed by atoms with Gasteiger partial charge in [-0.3, -0.25) is 4.79 Å². The molecule has 1 aliphatic carbocycles. The Morgan fingerprint density at radius 2 is 1.97 bits per heavy atom. The summed E-state index contributed by atoms with van der Waals surface area (Å²) in [5, 5.41) is 10.4. The first-order valence-electron chi connectivity index (χ1n) is 13.1. The van der Waals surface area contributed by atoms with Crippen LogP contribution >= 0.6 is 0 Å². The largest absolute Gasteiger partial charge is 0.494 e. The second kappa shape index (κ2) is 12.9.